The summed E-state index contributed by atoms with van der Waals surface area (Å²) in [5.41, 5.74) is 1.70. The standard InChI is InChI=1S/C6H5ClN2O3/c7-4-1-3(6(10)11)2-8-5(4)9-12/h1-2,12H,(H,8,9)(H,10,11). The van der Waals surface area contributed by atoms with Crippen molar-refractivity contribution < 1.29 is 15.1 Å². The Bertz CT molecular complexity index is 316. The molecule has 0 bridgehead atoms. The molecular weight excluding hydrogens is 184 g/mol. The number of nitrogens with one attached hydrogen (secondary N) is 1. The second-order valence-corrected chi connectivity index (χ2v) is 2.38. The molecule has 1 aromatic heterocycles. The van der Waals surface area contributed by atoms with Gasteiger partial charge in [-0.25, -0.2) is 9.78 Å². The van der Waals surface area contributed by atoms with E-state index in [-0.39, 0.29) is 16.4 Å². The minimum atomic E-state index is -1.12. The molecule has 1 heterocycles. The lowest BCUT2D eigenvalue weighted by Crippen LogP contribution is -2.00. The van der Waals surface area contributed by atoms with Crippen LogP contribution >= 0.6 is 11.6 Å². The Labute approximate surface area is 72.6 Å². The molecule has 0 aromatic carbocycles. The van der Waals surface area contributed by atoms with Gasteiger partial charge in [-0.2, -0.15) is 0 Å². The molecule has 0 radical (unpaired) electrons. The van der Waals surface area contributed by atoms with Gasteiger partial charge in [0.1, 0.15) is 0 Å². The number of hydrogen-bond donors (Lipinski definition) is 3. The second-order valence-electron chi connectivity index (χ2n) is 1.97. The van der Waals surface area contributed by atoms with E-state index in [9.17, 15) is 4.79 Å². The van der Waals surface area contributed by atoms with Gasteiger partial charge < -0.3 is 5.11 Å². The van der Waals surface area contributed by atoms with Gasteiger partial charge in [0, 0.05) is 6.20 Å². The predicted octanol–water partition coefficient (Wildman–Crippen LogP) is 1.23. The number of anilines is 1. The Kier molecular flexibility index (Phi) is 2.47. The van der Waals surface area contributed by atoms with Gasteiger partial charge in [0.2, 0.25) is 0 Å². The maximum absolute atomic E-state index is 10.4. The van der Waals surface area contributed by atoms with E-state index in [1.54, 1.807) is 5.48 Å². The number of pyridine rings is 1. The lowest BCUT2D eigenvalue weighted by Gasteiger charge is -2.00. The molecule has 0 amide bonds. The Balaban J connectivity index is 3.10. The van der Waals surface area contributed by atoms with Crippen LogP contribution in [0.1, 0.15) is 10.4 Å². The second kappa shape index (κ2) is 3.38. The van der Waals surface area contributed by atoms with Crippen LogP contribution in [0.15, 0.2) is 12.3 Å². The lowest BCUT2D eigenvalue weighted by atomic mass is 10.3. The predicted molar refractivity (Wildman–Crippen MR) is 41.6 cm³/mol. The van der Waals surface area contributed by atoms with Crippen molar-refractivity contribution in [3.05, 3.63) is 22.8 Å². The number of aromatic nitrogens is 1. The molecule has 1 aromatic rings. The topological polar surface area (TPSA) is 82.5 Å². The first-order valence-corrected chi connectivity index (χ1v) is 3.32. The number of carbonyl (C=O) groups is 1. The van der Waals surface area contributed by atoms with E-state index in [1.807, 2.05) is 0 Å². The summed E-state index contributed by atoms with van der Waals surface area (Å²) in [7, 11) is 0. The van der Waals surface area contributed by atoms with E-state index in [4.69, 9.17) is 21.9 Å². The van der Waals surface area contributed by atoms with Gasteiger partial charge in [0.15, 0.2) is 5.82 Å². The third kappa shape index (κ3) is 1.63. The fourth-order valence-electron chi connectivity index (χ4n) is 0.637. The molecule has 0 aliphatic heterocycles. The molecule has 1 rings (SSSR count). The number of hydrogen-bond acceptors (Lipinski definition) is 4. The highest BCUT2D eigenvalue weighted by Gasteiger charge is 2.06. The van der Waals surface area contributed by atoms with E-state index >= 15 is 0 Å². The summed E-state index contributed by atoms with van der Waals surface area (Å²) >= 11 is 5.53. The summed E-state index contributed by atoms with van der Waals surface area (Å²) in [5, 5.41) is 16.9. The van der Waals surface area contributed by atoms with Crippen molar-refractivity contribution in [3.8, 4) is 0 Å². The summed E-state index contributed by atoms with van der Waals surface area (Å²) in [6.45, 7) is 0. The van der Waals surface area contributed by atoms with Gasteiger partial charge in [-0.05, 0) is 6.07 Å². The monoisotopic (exact) mass is 188 g/mol. The van der Waals surface area contributed by atoms with Crippen molar-refractivity contribution in [3.63, 3.8) is 0 Å². The van der Waals surface area contributed by atoms with Crippen molar-refractivity contribution in [2.75, 3.05) is 5.48 Å². The number of carboxylic acid groups (broad SMARTS) is 1. The number of aromatic carboxylic acids is 1. The highest BCUT2D eigenvalue weighted by atomic mass is 35.5. The molecule has 0 saturated heterocycles. The van der Waals surface area contributed by atoms with Gasteiger partial charge in [-0.1, -0.05) is 11.6 Å². The third-order valence-electron chi connectivity index (χ3n) is 1.19. The molecule has 0 fully saturated rings. The highest BCUT2D eigenvalue weighted by Crippen LogP contribution is 2.18. The Morgan fingerprint density at radius 1 is 1.67 bits per heavy atom. The molecule has 0 aliphatic rings. The molecule has 12 heavy (non-hydrogen) atoms. The summed E-state index contributed by atoms with van der Waals surface area (Å²) in [5.74, 6) is -1.09. The Morgan fingerprint density at radius 3 is 2.75 bits per heavy atom. The van der Waals surface area contributed by atoms with Gasteiger partial charge in [-0.3, -0.25) is 10.7 Å². The molecule has 0 atom stereocenters. The number of rotatable bonds is 2. The van der Waals surface area contributed by atoms with Crippen molar-refractivity contribution in [2.45, 2.75) is 0 Å². The van der Waals surface area contributed by atoms with E-state index < -0.39 is 5.97 Å². The number of carboxylic acids is 1. The third-order valence-corrected chi connectivity index (χ3v) is 1.48. The van der Waals surface area contributed by atoms with Crippen LogP contribution in [0.4, 0.5) is 5.82 Å². The zero-order valence-electron chi connectivity index (χ0n) is 5.78. The van der Waals surface area contributed by atoms with E-state index in [1.165, 1.54) is 6.07 Å². The van der Waals surface area contributed by atoms with Gasteiger partial charge in [0.25, 0.3) is 0 Å². The average Bonchev–Trinajstić information content (AvgIpc) is 2.04. The lowest BCUT2D eigenvalue weighted by molar-refractivity contribution is 0.0696. The quantitative estimate of drug-likeness (QED) is 0.608. The van der Waals surface area contributed by atoms with Crippen LogP contribution in [0.25, 0.3) is 0 Å². The van der Waals surface area contributed by atoms with Crippen LogP contribution in [0.3, 0.4) is 0 Å². The summed E-state index contributed by atoms with van der Waals surface area (Å²) in [4.78, 5) is 13.9. The normalized spacial score (nSPS) is 9.50. The largest absolute Gasteiger partial charge is 0.478 e. The fourth-order valence-corrected chi connectivity index (χ4v) is 0.846. The molecule has 6 heteroatoms. The van der Waals surface area contributed by atoms with E-state index in [0.717, 1.165) is 6.20 Å². The smallest absolute Gasteiger partial charge is 0.337 e. The molecule has 0 unspecified atom stereocenters. The zero-order valence-corrected chi connectivity index (χ0v) is 6.54. The average molecular weight is 189 g/mol. The Morgan fingerprint density at radius 2 is 2.33 bits per heavy atom. The van der Waals surface area contributed by atoms with Crippen molar-refractivity contribution in [2.24, 2.45) is 0 Å². The molecule has 0 spiro atoms. The molecule has 0 saturated carbocycles. The number of halogens is 1. The van der Waals surface area contributed by atoms with Crippen LogP contribution in [0, 0.1) is 0 Å². The van der Waals surface area contributed by atoms with Crippen LogP contribution in [-0.4, -0.2) is 21.3 Å². The molecule has 64 valence electrons. The zero-order chi connectivity index (χ0) is 9.14. The first-order chi connectivity index (χ1) is 5.65. The first-order valence-electron chi connectivity index (χ1n) is 2.94. The molecule has 5 nitrogen and oxygen atoms in total. The van der Waals surface area contributed by atoms with Crippen molar-refractivity contribution >= 4 is 23.4 Å². The summed E-state index contributed by atoms with van der Waals surface area (Å²) in [6, 6.07) is 1.19. The number of nitrogens with zero attached hydrogens (tertiary/aromatic N) is 1. The van der Waals surface area contributed by atoms with Crippen molar-refractivity contribution in [1.29, 1.82) is 0 Å². The van der Waals surface area contributed by atoms with Crippen LogP contribution < -0.4 is 5.48 Å². The molecular formula is C6H5ClN2O3. The van der Waals surface area contributed by atoms with Crippen LogP contribution in [0.5, 0.6) is 0 Å². The van der Waals surface area contributed by atoms with Crippen LogP contribution in [0.2, 0.25) is 5.02 Å². The molecule has 3 N–H and O–H groups in total. The van der Waals surface area contributed by atoms with Crippen molar-refractivity contribution in [1.82, 2.24) is 4.98 Å². The van der Waals surface area contributed by atoms with Crippen LogP contribution in [-0.2, 0) is 0 Å². The minimum Gasteiger partial charge on any atom is -0.478 e. The van der Waals surface area contributed by atoms with Gasteiger partial charge in [-0.15, -0.1) is 0 Å². The highest BCUT2D eigenvalue weighted by molar-refractivity contribution is 6.33. The maximum atomic E-state index is 10.4. The first kappa shape index (κ1) is 8.76. The van der Waals surface area contributed by atoms with Gasteiger partial charge in [0.05, 0.1) is 10.6 Å². The maximum Gasteiger partial charge on any atom is 0.337 e. The summed E-state index contributed by atoms with van der Waals surface area (Å²) < 4.78 is 0. The molecule has 0 aliphatic carbocycles. The van der Waals surface area contributed by atoms with E-state index in [0.29, 0.717) is 0 Å². The van der Waals surface area contributed by atoms with Gasteiger partial charge >= 0.3 is 5.97 Å². The summed E-state index contributed by atoms with van der Waals surface area (Å²) in [6.07, 6.45) is 1.09. The SMILES string of the molecule is O=C(O)c1cnc(NO)c(Cl)c1. The van der Waals surface area contributed by atoms with E-state index in [2.05, 4.69) is 4.98 Å². The Hall–Kier alpha value is -1.33. The minimum absolute atomic E-state index is 0.0287. The fraction of sp³-hybridized carbons (Fsp3) is 0.